The van der Waals surface area contributed by atoms with Crippen molar-refractivity contribution in [3.8, 4) is 5.75 Å². The number of nitrogens with one attached hydrogen (secondary N) is 1. The number of alkyl halides is 3. The van der Waals surface area contributed by atoms with Crippen LogP contribution in [0.2, 0.25) is 0 Å². The summed E-state index contributed by atoms with van der Waals surface area (Å²) in [6, 6.07) is 4.21. The molecule has 0 fully saturated rings. The molecule has 0 heterocycles. The fraction of sp³-hybridized carbons (Fsp3) is 0.500. The van der Waals surface area contributed by atoms with Crippen LogP contribution in [0.25, 0.3) is 0 Å². The molecule has 0 aliphatic rings. The van der Waals surface area contributed by atoms with Gasteiger partial charge in [0.1, 0.15) is 22.2 Å². The third-order valence-corrected chi connectivity index (χ3v) is 3.73. The van der Waals surface area contributed by atoms with E-state index in [1.807, 2.05) is 0 Å². The van der Waals surface area contributed by atoms with Crippen LogP contribution in [-0.4, -0.2) is 39.0 Å². The van der Waals surface area contributed by atoms with Gasteiger partial charge in [0.25, 0.3) is 0 Å². The highest BCUT2D eigenvalue weighted by Crippen LogP contribution is 2.35. The van der Waals surface area contributed by atoms with Crippen molar-refractivity contribution in [2.24, 2.45) is 0 Å². The summed E-state index contributed by atoms with van der Waals surface area (Å²) in [5.74, 6) is -1.11. The van der Waals surface area contributed by atoms with Gasteiger partial charge >= 0.3 is 6.18 Å². The number of carbonyl (C=O) groups excluding carboxylic acids is 1. The van der Waals surface area contributed by atoms with Crippen molar-refractivity contribution in [1.82, 2.24) is 5.32 Å². The van der Waals surface area contributed by atoms with E-state index >= 15 is 0 Å². The minimum atomic E-state index is -4.53. The lowest BCUT2D eigenvalue weighted by atomic mass is 10.2. The van der Waals surface area contributed by atoms with Crippen molar-refractivity contribution in [2.45, 2.75) is 25.6 Å². The van der Waals surface area contributed by atoms with Crippen LogP contribution >= 0.6 is 0 Å². The molecule has 0 aliphatic heterocycles. The lowest BCUT2D eigenvalue weighted by Gasteiger charge is -2.17. The number of carbonyl (C=O) groups is 1. The first-order valence-corrected chi connectivity index (χ1v) is 8.81. The molecule has 23 heavy (non-hydrogen) atoms. The molecule has 1 N–H and O–H groups in total. The van der Waals surface area contributed by atoms with Crippen molar-refractivity contribution in [3.05, 3.63) is 29.8 Å². The number of hydrogen-bond acceptors (Lipinski definition) is 4. The molecule has 0 saturated carbocycles. The molecule has 0 saturated heterocycles. The minimum absolute atomic E-state index is 0.169. The van der Waals surface area contributed by atoms with E-state index in [-0.39, 0.29) is 24.5 Å². The number of halogens is 3. The number of sulfone groups is 1. The van der Waals surface area contributed by atoms with Crippen molar-refractivity contribution in [3.63, 3.8) is 0 Å². The summed E-state index contributed by atoms with van der Waals surface area (Å²) in [6.07, 6.45) is -3.72. The summed E-state index contributed by atoms with van der Waals surface area (Å²) in [5.41, 5.74) is -0.893. The summed E-state index contributed by atoms with van der Waals surface area (Å²) in [5, 5.41) is 2.47. The first-order valence-electron chi connectivity index (χ1n) is 6.75. The molecule has 5 nitrogen and oxygen atoms in total. The molecule has 9 heteroatoms. The maximum absolute atomic E-state index is 12.8. The van der Waals surface area contributed by atoms with Gasteiger partial charge in [-0.3, -0.25) is 4.79 Å². The van der Waals surface area contributed by atoms with E-state index in [0.29, 0.717) is 0 Å². The van der Waals surface area contributed by atoms with E-state index in [1.165, 1.54) is 18.2 Å². The van der Waals surface area contributed by atoms with Gasteiger partial charge in [-0.1, -0.05) is 12.1 Å². The molecule has 0 bridgehead atoms. The lowest BCUT2D eigenvalue weighted by molar-refractivity contribution is -0.139. The van der Waals surface area contributed by atoms with Gasteiger partial charge in [-0.15, -0.1) is 0 Å². The van der Waals surface area contributed by atoms with Crippen molar-refractivity contribution < 1.29 is 31.1 Å². The Hall–Kier alpha value is -1.77. The second kappa shape index (κ2) is 7.67. The Labute approximate surface area is 132 Å². The van der Waals surface area contributed by atoms with Gasteiger partial charge < -0.3 is 10.1 Å². The predicted molar refractivity (Wildman–Crippen MR) is 78.9 cm³/mol. The average Bonchev–Trinajstić information content (AvgIpc) is 2.41. The fourth-order valence-corrected chi connectivity index (χ4v) is 2.26. The van der Waals surface area contributed by atoms with Crippen molar-refractivity contribution in [2.75, 3.05) is 18.6 Å². The first kappa shape index (κ1) is 19.3. The van der Waals surface area contributed by atoms with E-state index in [4.69, 9.17) is 4.74 Å². The van der Waals surface area contributed by atoms with E-state index in [2.05, 4.69) is 5.32 Å². The summed E-state index contributed by atoms with van der Waals surface area (Å²) >= 11 is 0. The number of ether oxygens (including phenoxy) is 1. The molecule has 130 valence electrons. The van der Waals surface area contributed by atoms with Crippen LogP contribution < -0.4 is 10.1 Å². The monoisotopic (exact) mass is 353 g/mol. The third kappa shape index (κ3) is 7.36. The van der Waals surface area contributed by atoms with Gasteiger partial charge in [-0.25, -0.2) is 8.42 Å². The maximum atomic E-state index is 12.8. The Morgan fingerprint density at radius 2 is 1.91 bits per heavy atom. The normalized spacial score (nSPS) is 13.4. The van der Waals surface area contributed by atoms with E-state index < -0.39 is 33.5 Å². The number of benzene rings is 1. The van der Waals surface area contributed by atoms with Gasteiger partial charge in [0, 0.05) is 12.7 Å². The Morgan fingerprint density at radius 3 is 2.48 bits per heavy atom. The highest BCUT2D eigenvalue weighted by molar-refractivity contribution is 7.90. The zero-order valence-corrected chi connectivity index (χ0v) is 13.5. The summed E-state index contributed by atoms with van der Waals surface area (Å²) in [7, 11) is -3.25. The first-order chi connectivity index (χ1) is 10.5. The zero-order valence-electron chi connectivity index (χ0n) is 12.7. The second-order valence-electron chi connectivity index (χ2n) is 5.15. The molecule has 0 aromatic heterocycles. The summed E-state index contributed by atoms with van der Waals surface area (Å²) in [4.78, 5) is 11.5. The molecule has 1 amide bonds. The van der Waals surface area contributed by atoms with Gasteiger partial charge in [0.05, 0.1) is 17.4 Å². The van der Waals surface area contributed by atoms with Crippen LogP contribution in [0.15, 0.2) is 24.3 Å². The Morgan fingerprint density at radius 1 is 1.30 bits per heavy atom. The minimum Gasteiger partial charge on any atom is -0.491 e. The van der Waals surface area contributed by atoms with Crippen LogP contribution in [-0.2, 0) is 20.8 Å². The second-order valence-corrected chi connectivity index (χ2v) is 7.41. The number of para-hydroxylation sites is 1. The Bertz CT molecular complexity index is 644. The van der Waals surface area contributed by atoms with E-state index in [0.717, 1.165) is 12.3 Å². The largest absolute Gasteiger partial charge is 0.491 e. The zero-order chi connectivity index (χ0) is 17.7. The van der Waals surface area contributed by atoms with Crippen LogP contribution in [0, 0.1) is 0 Å². The Kier molecular flexibility index (Phi) is 6.43. The standard InChI is InChI=1S/C14H18F3NO4S/c1-10(18-13(19)7-8-23(2,20)21)9-22-12-6-4-3-5-11(12)14(15,16)17/h3-6,10H,7-9H2,1-2H3,(H,18,19). The van der Waals surface area contributed by atoms with Crippen LogP contribution in [0.5, 0.6) is 5.75 Å². The fourth-order valence-electron chi connectivity index (χ4n) is 1.71. The smallest absolute Gasteiger partial charge is 0.419 e. The molecule has 1 unspecified atom stereocenters. The molecular formula is C14H18F3NO4S. The number of rotatable bonds is 7. The van der Waals surface area contributed by atoms with Gasteiger partial charge in [0.15, 0.2) is 0 Å². The molecule has 0 aliphatic carbocycles. The van der Waals surface area contributed by atoms with E-state index in [9.17, 15) is 26.4 Å². The van der Waals surface area contributed by atoms with Gasteiger partial charge in [0.2, 0.25) is 5.91 Å². The molecule has 0 radical (unpaired) electrons. The molecule has 1 aromatic carbocycles. The van der Waals surface area contributed by atoms with Gasteiger partial charge in [-0.05, 0) is 19.1 Å². The molecule has 1 rings (SSSR count). The quantitative estimate of drug-likeness (QED) is 0.814. The van der Waals surface area contributed by atoms with Crippen molar-refractivity contribution >= 4 is 15.7 Å². The van der Waals surface area contributed by atoms with Gasteiger partial charge in [-0.2, -0.15) is 13.2 Å². The van der Waals surface area contributed by atoms with Crippen LogP contribution in [0.3, 0.4) is 0 Å². The molecule has 1 aromatic rings. The Balaban J connectivity index is 2.54. The highest BCUT2D eigenvalue weighted by atomic mass is 32.2. The predicted octanol–water partition coefficient (Wildman–Crippen LogP) is 2.02. The number of amides is 1. The highest BCUT2D eigenvalue weighted by Gasteiger charge is 2.34. The number of hydrogen-bond donors (Lipinski definition) is 1. The SMILES string of the molecule is CC(COc1ccccc1C(F)(F)F)NC(=O)CCS(C)(=O)=O. The average molecular weight is 353 g/mol. The molecular weight excluding hydrogens is 335 g/mol. The third-order valence-electron chi connectivity index (χ3n) is 2.79. The summed E-state index contributed by atoms with van der Waals surface area (Å²) in [6.45, 7) is 1.38. The van der Waals surface area contributed by atoms with Crippen LogP contribution in [0.1, 0.15) is 18.9 Å². The van der Waals surface area contributed by atoms with Crippen LogP contribution in [0.4, 0.5) is 13.2 Å². The molecule has 0 spiro atoms. The van der Waals surface area contributed by atoms with Crippen molar-refractivity contribution in [1.29, 1.82) is 0 Å². The van der Waals surface area contributed by atoms with E-state index in [1.54, 1.807) is 6.92 Å². The lowest BCUT2D eigenvalue weighted by Crippen LogP contribution is -2.37. The molecule has 1 atom stereocenters. The topological polar surface area (TPSA) is 72.5 Å². The summed E-state index contributed by atoms with van der Waals surface area (Å²) < 4.78 is 65.4. The maximum Gasteiger partial charge on any atom is 0.419 e.